The number of amides is 1. The van der Waals surface area contributed by atoms with Gasteiger partial charge in [-0.1, -0.05) is 48.5 Å². The van der Waals surface area contributed by atoms with Gasteiger partial charge in [-0.05, 0) is 22.8 Å². The average Bonchev–Trinajstić information content (AvgIpc) is 2.48. The lowest BCUT2D eigenvalue weighted by Crippen LogP contribution is -2.35. The van der Waals surface area contributed by atoms with Crippen molar-refractivity contribution in [2.45, 2.75) is 12.5 Å². The summed E-state index contributed by atoms with van der Waals surface area (Å²) in [6.07, 6.45) is 0.477. The highest BCUT2D eigenvalue weighted by atomic mass is 16.5. The molecule has 96 valence electrons. The second-order valence-corrected chi connectivity index (χ2v) is 4.61. The largest absolute Gasteiger partial charge is 0.449 e. The summed E-state index contributed by atoms with van der Waals surface area (Å²) in [5, 5.41) is 2.85. The molecule has 2 aromatic carbocycles. The molecule has 1 saturated heterocycles. The number of cyclic esters (lactones) is 1. The second kappa shape index (κ2) is 5.14. The highest BCUT2D eigenvalue weighted by molar-refractivity contribution is 5.69. The lowest BCUT2D eigenvalue weighted by Gasteiger charge is -2.24. The third-order valence-corrected chi connectivity index (χ3v) is 3.33. The Kier molecular flexibility index (Phi) is 3.19. The molecule has 3 rings (SSSR count). The summed E-state index contributed by atoms with van der Waals surface area (Å²) in [5.74, 6) is 0. The van der Waals surface area contributed by atoms with Crippen LogP contribution in [-0.2, 0) is 4.74 Å². The Morgan fingerprint density at radius 3 is 2.58 bits per heavy atom. The van der Waals surface area contributed by atoms with Crippen molar-refractivity contribution in [1.82, 2.24) is 5.32 Å². The van der Waals surface area contributed by atoms with Crippen LogP contribution in [0.2, 0.25) is 0 Å². The van der Waals surface area contributed by atoms with Crippen molar-refractivity contribution in [2.24, 2.45) is 0 Å². The third kappa shape index (κ3) is 2.60. The summed E-state index contributed by atoms with van der Waals surface area (Å²) in [4.78, 5) is 11.3. The van der Waals surface area contributed by atoms with Crippen molar-refractivity contribution >= 4 is 6.09 Å². The summed E-state index contributed by atoms with van der Waals surface area (Å²) >= 11 is 0. The smallest absolute Gasteiger partial charge is 0.407 e. The van der Waals surface area contributed by atoms with E-state index in [4.69, 9.17) is 4.74 Å². The third-order valence-electron chi connectivity index (χ3n) is 3.33. The molecule has 19 heavy (non-hydrogen) atoms. The molecular weight excluding hydrogens is 238 g/mol. The molecule has 0 bridgehead atoms. The van der Waals surface area contributed by atoms with Gasteiger partial charge in [0.25, 0.3) is 0 Å². The van der Waals surface area contributed by atoms with E-state index >= 15 is 0 Å². The van der Waals surface area contributed by atoms with Gasteiger partial charge in [-0.25, -0.2) is 4.79 Å². The monoisotopic (exact) mass is 253 g/mol. The summed E-state index contributed by atoms with van der Waals surface area (Å²) in [6, 6.07) is 18.6. The van der Waals surface area contributed by atoms with Crippen molar-refractivity contribution in [3.8, 4) is 11.1 Å². The maximum Gasteiger partial charge on any atom is 0.407 e. The van der Waals surface area contributed by atoms with Gasteiger partial charge in [0.1, 0.15) is 0 Å². The first-order valence-electron chi connectivity index (χ1n) is 6.41. The SMILES string of the molecule is O=C1N[C@@H](c2cccc(-c3ccccc3)c2)CCO1. The molecule has 3 heteroatoms. The fourth-order valence-electron chi connectivity index (χ4n) is 2.34. The van der Waals surface area contributed by atoms with Crippen LogP contribution in [0.4, 0.5) is 4.79 Å². The number of carbonyl (C=O) groups excluding carboxylic acids is 1. The van der Waals surface area contributed by atoms with E-state index in [9.17, 15) is 4.79 Å². The molecule has 1 atom stereocenters. The van der Waals surface area contributed by atoms with Crippen LogP contribution in [0, 0.1) is 0 Å². The molecule has 0 spiro atoms. The van der Waals surface area contributed by atoms with Crippen LogP contribution in [0.1, 0.15) is 18.0 Å². The van der Waals surface area contributed by atoms with Gasteiger partial charge in [0.2, 0.25) is 0 Å². The molecule has 1 heterocycles. The number of hydrogen-bond acceptors (Lipinski definition) is 2. The van der Waals surface area contributed by atoms with Gasteiger partial charge in [0, 0.05) is 6.42 Å². The minimum Gasteiger partial charge on any atom is -0.449 e. The minimum absolute atomic E-state index is 0.0462. The molecular formula is C16H15NO2. The van der Waals surface area contributed by atoms with E-state index < -0.39 is 0 Å². The van der Waals surface area contributed by atoms with Gasteiger partial charge in [0.15, 0.2) is 0 Å². The zero-order valence-electron chi connectivity index (χ0n) is 10.5. The molecule has 0 saturated carbocycles. The Morgan fingerprint density at radius 2 is 1.79 bits per heavy atom. The van der Waals surface area contributed by atoms with Gasteiger partial charge < -0.3 is 10.1 Å². The topological polar surface area (TPSA) is 38.3 Å². The number of hydrogen-bond donors (Lipinski definition) is 1. The number of nitrogens with one attached hydrogen (secondary N) is 1. The van der Waals surface area contributed by atoms with Crippen LogP contribution in [0.15, 0.2) is 54.6 Å². The van der Waals surface area contributed by atoms with Gasteiger partial charge in [-0.2, -0.15) is 0 Å². The second-order valence-electron chi connectivity index (χ2n) is 4.61. The standard InChI is InChI=1S/C16H15NO2/c18-16-17-15(9-10-19-16)14-8-4-7-13(11-14)12-5-2-1-3-6-12/h1-8,11,15H,9-10H2,(H,17,18)/t15-/m1/s1. The molecule has 3 nitrogen and oxygen atoms in total. The van der Waals surface area contributed by atoms with Crippen LogP contribution in [0.25, 0.3) is 11.1 Å². The van der Waals surface area contributed by atoms with Crippen molar-refractivity contribution in [3.05, 3.63) is 60.2 Å². The van der Waals surface area contributed by atoms with Gasteiger partial charge in [0.05, 0.1) is 12.6 Å². The van der Waals surface area contributed by atoms with Gasteiger partial charge >= 0.3 is 6.09 Å². The fourth-order valence-corrected chi connectivity index (χ4v) is 2.34. The van der Waals surface area contributed by atoms with Crippen LogP contribution >= 0.6 is 0 Å². The van der Waals surface area contributed by atoms with Crippen molar-refractivity contribution in [3.63, 3.8) is 0 Å². The summed E-state index contributed by atoms with van der Waals surface area (Å²) in [6.45, 7) is 0.478. The van der Waals surface area contributed by atoms with Gasteiger partial charge in [-0.3, -0.25) is 0 Å². The first kappa shape index (κ1) is 11.8. The molecule has 0 unspecified atom stereocenters. The first-order valence-corrected chi connectivity index (χ1v) is 6.41. The van der Waals surface area contributed by atoms with Crippen LogP contribution in [0.5, 0.6) is 0 Å². The van der Waals surface area contributed by atoms with E-state index in [-0.39, 0.29) is 12.1 Å². The molecule has 0 aromatic heterocycles. The maximum absolute atomic E-state index is 11.3. The molecule has 1 N–H and O–H groups in total. The van der Waals surface area contributed by atoms with Crippen LogP contribution in [-0.4, -0.2) is 12.7 Å². The number of carbonyl (C=O) groups is 1. The van der Waals surface area contributed by atoms with E-state index in [2.05, 4.69) is 29.6 Å². The number of benzene rings is 2. The summed E-state index contributed by atoms with van der Waals surface area (Å²) in [5.41, 5.74) is 3.47. The Hall–Kier alpha value is -2.29. The lowest BCUT2D eigenvalue weighted by molar-refractivity contribution is 0.115. The molecule has 0 radical (unpaired) electrons. The van der Waals surface area contributed by atoms with Crippen LogP contribution < -0.4 is 5.32 Å². The Morgan fingerprint density at radius 1 is 1.00 bits per heavy atom. The van der Waals surface area contributed by atoms with Crippen LogP contribution in [0.3, 0.4) is 0 Å². The minimum atomic E-state index is -0.332. The predicted molar refractivity (Wildman–Crippen MR) is 73.7 cm³/mol. The lowest BCUT2D eigenvalue weighted by atomic mass is 9.98. The average molecular weight is 253 g/mol. The number of ether oxygens (including phenoxy) is 1. The maximum atomic E-state index is 11.3. The predicted octanol–water partition coefficient (Wildman–Crippen LogP) is 3.52. The molecule has 1 aliphatic rings. The Bertz CT molecular complexity index is 580. The summed E-state index contributed by atoms with van der Waals surface area (Å²) in [7, 11) is 0. The van der Waals surface area contributed by atoms with E-state index in [0.29, 0.717) is 6.61 Å². The quantitative estimate of drug-likeness (QED) is 0.889. The molecule has 0 aliphatic carbocycles. The zero-order valence-corrected chi connectivity index (χ0v) is 10.5. The fraction of sp³-hybridized carbons (Fsp3) is 0.188. The number of alkyl carbamates (subject to hydrolysis) is 1. The molecule has 1 aliphatic heterocycles. The summed E-state index contributed by atoms with van der Waals surface area (Å²) < 4.78 is 4.89. The van der Waals surface area contributed by atoms with E-state index in [1.165, 1.54) is 11.1 Å². The van der Waals surface area contributed by atoms with Gasteiger partial charge in [-0.15, -0.1) is 0 Å². The van der Waals surface area contributed by atoms with E-state index in [0.717, 1.165) is 12.0 Å². The van der Waals surface area contributed by atoms with Crippen molar-refractivity contribution in [2.75, 3.05) is 6.61 Å². The Balaban J connectivity index is 1.90. The zero-order chi connectivity index (χ0) is 13.1. The highest BCUT2D eigenvalue weighted by Gasteiger charge is 2.20. The highest BCUT2D eigenvalue weighted by Crippen LogP contribution is 2.25. The Labute approximate surface area is 112 Å². The van der Waals surface area contributed by atoms with Crippen molar-refractivity contribution in [1.29, 1.82) is 0 Å². The number of rotatable bonds is 2. The van der Waals surface area contributed by atoms with Crippen molar-refractivity contribution < 1.29 is 9.53 Å². The molecule has 1 amide bonds. The normalized spacial score (nSPS) is 18.5. The van der Waals surface area contributed by atoms with E-state index in [1.54, 1.807) is 0 Å². The molecule has 2 aromatic rings. The first-order chi connectivity index (χ1) is 9.33. The molecule has 1 fully saturated rings. The van der Waals surface area contributed by atoms with E-state index in [1.807, 2.05) is 30.3 Å².